The fourth-order valence-electron chi connectivity index (χ4n) is 2.80. The van der Waals surface area contributed by atoms with Gasteiger partial charge in [-0.1, -0.05) is 12.1 Å². The van der Waals surface area contributed by atoms with Crippen molar-refractivity contribution in [3.05, 3.63) is 59.9 Å². The van der Waals surface area contributed by atoms with E-state index >= 15 is 0 Å². The molecule has 2 atom stereocenters. The van der Waals surface area contributed by atoms with Gasteiger partial charge >= 0.3 is 0 Å². The number of carbonyl (C=O) groups is 2. The summed E-state index contributed by atoms with van der Waals surface area (Å²) in [6.07, 6.45) is 1.19. The van der Waals surface area contributed by atoms with Gasteiger partial charge in [0.1, 0.15) is 11.6 Å². The highest BCUT2D eigenvalue weighted by atomic mass is 19.1. The Kier molecular flexibility index (Phi) is 5.51. The maximum atomic E-state index is 12.9. The van der Waals surface area contributed by atoms with Crippen LogP contribution in [0.2, 0.25) is 0 Å². The molecule has 6 heteroatoms. The standard InChI is InChI=1S/C20H21FN2O3/c1-26-16-8-6-15(7-9-16)23-20(25)18-12-17(18)19(24)22-11-10-13-2-4-14(21)5-3-13/h2-9,17-18H,10-12H2,1H3,(H,22,24)(H,23,25). The molecule has 0 bridgehead atoms. The van der Waals surface area contributed by atoms with Crippen LogP contribution in [0.25, 0.3) is 0 Å². The molecule has 2 aromatic carbocycles. The van der Waals surface area contributed by atoms with Gasteiger partial charge in [-0.15, -0.1) is 0 Å². The topological polar surface area (TPSA) is 67.4 Å². The van der Waals surface area contributed by atoms with Crippen molar-refractivity contribution in [2.75, 3.05) is 19.0 Å². The van der Waals surface area contributed by atoms with Crippen molar-refractivity contribution >= 4 is 17.5 Å². The van der Waals surface area contributed by atoms with Crippen molar-refractivity contribution in [3.63, 3.8) is 0 Å². The third kappa shape index (κ3) is 4.59. The molecule has 2 amide bonds. The van der Waals surface area contributed by atoms with Gasteiger partial charge in [-0.2, -0.15) is 0 Å². The van der Waals surface area contributed by atoms with Crippen molar-refractivity contribution in [2.24, 2.45) is 11.8 Å². The second kappa shape index (κ2) is 7.99. The average molecular weight is 356 g/mol. The predicted octanol–water partition coefficient (Wildman–Crippen LogP) is 2.77. The zero-order valence-electron chi connectivity index (χ0n) is 14.5. The minimum absolute atomic E-state index is 0.109. The molecule has 0 aromatic heterocycles. The number of amides is 2. The van der Waals surface area contributed by atoms with E-state index in [1.165, 1.54) is 12.1 Å². The van der Waals surface area contributed by atoms with E-state index < -0.39 is 0 Å². The molecule has 2 aromatic rings. The summed E-state index contributed by atoms with van der Waals surface area (Å²) in [5, 5.41) is 5.66. The Morgan fingerprint density at radius 1 is 1.04 bits per heavy atom. The van der Waals surface area contributed by atoms with Crippen LogP contribution < -0.4 is 15.4 Å². The second-order valence-electron chi connectivity index (χ2n) is 6.33. The van der Waals surface area contributed by atoms with E-state index in [0.717, 1.165) is 5.56 Å². The van der Waals surface area contributed by atoms with E-state index in [9.17, 15) is 14.0 Å². The first kappa shape index (κ1) is 17.9. The van der Waals surface area contributed by atoms with Gasteiger partial charge in [0.2, 0.25) is 11.8 Å². The Balaban J connectivity index is 1.41. The van der Waals surface area contributed by atoms with Crippen LogP contribution in [0, 0.1) is 17.7 Å². The van der Waals surface area contributed by atoms with Crippen molar-refractivity contribution in [1.82, 2.24) is 5.32 Å². The highest BCUT2D eigenvalue weighted by Gasteiger charge is 2.47. The monoisotopic (exact) mass is 356 g/mol. The van der Waals surface area contributed by atoms with Gasteiger partial charge < -0.3 is 15.4 Å². The lowest BCUT2D eigenvalue weighted by Gasteiger charge is -2.07. The van der Waals surface area contributed by atoms with Crippen LogP contribution in [-0.2, 0) is 16.0 Å². The maximum absolute atomic E-state index is 12.9. The molecule has 1 fully saturated rings. The summed E-state index contributed by atoms with van der Waals surface area (Å²) >= 11 is 0. The molecule has 2 N–H and O–H groups in total. The van der Waals surface area contributed by atoms with Gasteiger partial charge in [0.15, 0.2) is 0 Å². The molecule has 0 radical (unpaired) electrons. The fourth-order valence-corrected chi connectivity index (χ4v) is 2.80. The minimum atomic E-state index is -0.289. The summed E-state index contributed by atoms with van der Waals surface area (Å²) in [7, 11) is 1.58. The number of hydrogen-bond donors (Lipinski definition) is 2. The Labute approximate surface area is 151 Å². The van der Waals surface area contributed by atoms with Crippen LogP contribution in [0.4, 0.5) is 10.1 Å². The first-order valence-corrected chi connectivity index (χ1v) is 8.54. The molecule has 3 rings (SSSR count). The lowest BCUT2D eigenvalue weighted by molar-refractivity contribution is -0.125. The third-order valence-electron chi connectivity index (χ3n) is 4.45. The predicted molar refractivity (Wildman–Crippen MR) is 96.3 cm³/mol. The molecule has 0 heterocycles. The molecule has 136 valence electrons. The van der Waals surface area contributed by atoms with Crippen LogP contribution in [0.1, 0.15) is 12.0 Å². The van der Waals surface area contributed by atoms with E-state index in [0.29, 0.717) is 30.8 Å². The summed E-state index contributed by atoms with van der Waals surface area (Å²) in [5.74, 6) is -0.380. The quantitative estimate of drug-likeness (QED) is 0.802. The van der Waals surface area contributed by atoms with Crippen LogP contribution >= 0.6 is 0 Å². The molecule has 0 aliphatic heterocycles. The zero-order chi connectivity index (χ0) is 18.5. The van der Waals surface area contributed by atoms with Gasteiger partial charge in [0.05, 0.1) is 18.9 Å². The van der Waals surface area contributed by atoms with Crippen LogP contribution in [0.5, 0.6) is 5.75 Å². The van der Waals surface area contributed by atoms with Gasteiger partial charge in [-0.05, 0) is 54.8 Å². The number of nitrogens with one attached hydrogen (secondary N) is 2. The number of ether oxygens (including phenoxy) is 1. The van der Waals surface area contributed by atoms with E-state index in [1.54, 1.807) is 43.5 Å². The van der Waals surface area contributed by atoms with Gasteiger partial charge in [0, 0.05) is 12.2 Å². The van der Waals surface area contributed by atoms with Crippen molar-refractivity contribution in [1.29, 1.82) is 0 Å². The number of rotatable bonds is 7. The van der Waals surface area contributed by atoms with E-state index in [2.05, 4.69) is 10.6 Å². The molecule has 2 unspecified atom stereocenters. The third-order valence-corrected chi connectivity index (χ3v) is 4.45. The number of hydrogen-bond acceptors (Lipinski definition) is 3. The largest absolute Gasteiger partial charge is 0.497 e. The summed E-state index contributed by atoms with van der Waals surface area (Å²) < 4.78 is 17.9. The van der Waals surface area contributed by atoms with Gasteiger partial charge in [0.25, 0.3) is 0 Å². The summed E-state index contributed by atoms with van der Waals surface area (Å²) in [5.41, 5.74) is 1.63. The molecular formula is C20H21FN2O3. The average Bonchev–Trinajstić information content (AvgIpc) is 3.45. The van der Waals surface area contributed by atoms with Gasteiger partial charge in [-0.25, -0.2) is 4.39 Å². The summed E-state index contributed by atoms with van der Waals surface area (Å²) in [6.45, 7) is 0.466. The Hall–Kier alpha value is -2.89. The second-order valence-corrected chi connectivity index (χ2v) is 6.33. The Morgan fingerprint density at radius 3 is 2.35 bits per heavy atom. The number of anilines is 1. The summed E-state index contributed by atoms with van der Waals surface area (Å²) in [4.78, 5) is 24.3. The SMILES string of the molecule is COc1ccc(NC(=O)C2CC2C(=O)NCCc2ccc(F)cc2)cc1. The first-order valence-electron chi connectivity index (χ1n) is 8.54. The van der Waals surface area contributed by atoms with Crippen LogP contribution in [-0.4, -0.2) is 25.5 Å². The van der Waals surface area contributed by atoms with E-state index in [-0.39, 0.29) is 29.5 Å². The van der Waals surface area contributed by atoms with Crippen LogP contribution in [0.15, 0.2) is 48.5 Å². The highest BCUT2D eigenvalue weighted by Crippen LogP contribution is 2.39. The molecular weight excluding hydrogens is 335 g/mol. The lowest BCUT2D eigenvalue weighted by Crippen LogP contribution is -2.29. The van der Waals surface area contributed by atoms with Crippen molar-refractivity contribution in [3.8, 4) is 5.75 Å². The maximum Gasteiger partial charge on any atom is 0.228 e. The first-order chi connectivity index (χ1) is 12.6. The summed E-state index contributed by atoms with van der Waals surface area (Å²) in [6, 6.07) is 13.3. The Bertz CT molecular complexity index is 775. The normalized spacial score (nSPS) is 18.1. The molecule has 1 saturated carbocycles. The van der Waals surface area contributed by atoms with Crippen molar-refractivity contribution in [2.45, 2.75) is 12.8 Å². The molecule has 1 aliphatic rings. The van der Waals surface area contributed by atoms with Gasteiger partial charge in [-0.3, -0.25) is 9.59 Å². The number of methoxy groups -OCH3 is 1. The van der Waals surface area contributed by atoms with E-state index in [4.69, 9.17) is 4.74 Å². The fraction of sp³-hybridized carbons (Fsp3) is 0.300. The molecule has 1 aliphatic carbocycles. The number of carbonyl (C=O) groups excluding carboxylic acids is 2. The zero-order valence-corrected chi connectivity index (χ0v) is 14.5. The minimum Gasteiger partial charge on any atom is -0.497 e. The number of benzene rings is 2. The van der Waals surface area contributed by atoms with E-state index in [1.807, 2.05) is 0 Å². The molecule has 0 spiro atoms. The molecule has 5 nitrogen and oxygen atoms in total. The Morgan fingerprint density at radius 2 is 1.69 bits per heavy atom. The highest BCUT2D eigenvalue weighted by molar-refractivity contribution is 5.99. The molecule has 0 saturated heterocycles. The van der Waals surface area contributed by atoms with Crippen LogP contribution in [0.3, 0.4) is 0 Å². The lowest BCUT2D eigenvalue weighted by atomic mass is 10.1. The number of halogens is 1. The smallest absolute Gasteiger partial charge is 0.228 e. The van der Waals surface area contributed by atoms with Crippen molar-refractivity contribution < 1.29 is 18.7 Å². The molecule has 26 heavy (non-hydrogen) atoms.